The summed E-state index contributed by atoms with van der Waals surface area (Å²) in [7, 11) is 1.63. The number of nitrogens with one attached hydrogen (secondary N) is 1. The van der Waals surface area contributed by atoms with Crippen LogP contribution < -0.4 is 10.1 Å². The average Bonchev–Trinajstić information content (AvgIpc) is 3.34. The smallest absolute Gasteiger partial charge is 0.287 e. The maximum atomic E-state index is 12.7. The number of carbonyl (C=O) groups is 1. The number of nitrogens with zero attached hydrogens (tertiary/aromatic N) is 2. The Labute approximate surface area is 154 Å². The van der Waals surface area contributed by atoms with Gasteiger partial charge in [0, 0.05) is 16.6 Å². The van der Waals surface area contributed by atoms with Crippen molar-refractivity contribution >= 4 is 22.8 Å². The number of imidazole rings is 1. The van der Waals surface area contributed by atoms with E-state index in [2.05, 4.69) is 10.3 Å². The van der Waals surface area contributed by atoms with Crippen molar-refractivity contribution in [2.75, 3.05) is 7.11 Å². The van der Waals surface area contributed by atoms with Crippen LogP contribution in [0.3, 0.4) is 0 Å². The number of hydrogen-bond donors (Lipinski definition) is 1. The molecule has 4 aromatic rings. The summed E-state index contributed by atoms with van der Waals surface area (Å²) in [5, 5.41) is 4.94. The topological polar surface area (TPSA) is 55.6 Å². The molecule has 0 saturated carbocycles. The van der Waals surface area contributed by atoms with Gasteiger partial charge in [0.2, 0.25) is 5.82 Å². The molecule has 3 heterocycles. The number of ether oxygens (including phenoxy) is 1. The molecule has 0 fully saturated rings. The summed E-state index contributed by atoms with van der Waals surface area (Å²) in [6.45, 7) is 0.488. The second kappa shape index (κ2) is 7.01. The SMILES string of the molecule is COc1ccccc1-c1nc(C(=O)NCc2cccs2)n2ccccc12. The zero-order chi connectivity index (χ0) is 17.9. The molecule has 0 saturated heterocycles. The van der Waals surface area contributed by atoms with Crippen LogP contribution in [-0.2, 0) is 6.54 Å². The van der Waals surface area contributed by atoms with Crippen molar-refractivity contribution < 1.29 is 9.53 Å². The van der Waals surface area contributed by atoms with Crippen LogP contribution in [0.5, 0.6) is 5.75 Å². The zero-order valence-electron chi connectivity index (χ0n) is 14.2. The Morgan fingerprint density at radius 2 is 2.00 bits per heavy atom. The first-order valence-corrected chi connectivity index (χ1v) is 9.07. The van der Waals surface area contributed by atoms with Gasteiger partial charge in [-0.3, -0.25) is 9.20 Å². The van der Waals surface area contributed by atoms with Crippen molar-refractivity contribution in [1.82, 2.24) is 14.7 Å². The molecule has 0 aliphatic carbocycles. The number of methoxy groups -OCH3 is 1. The molecule has 3 aromatic heterocycles. The van der Waals surface area contributed by atoms with Crippen LogP contribution in [0.4, 0.5) is 0 Å². The van der Waals surface area contributed by atoms with E-state index >= 15 is 0 Å². The van der Waals surface area contributed by atoms with Gasteiger partial charge in [0.15, 0.2) is 0 Å². The first-order valence-electron chi connectivity index (χ1n) is 8.19. The summed E-state index contributed by atoms with van der Waals surface area (Å²) >= 11 is 1.61. The van der Waals surface area contributed by atoms with Gasteiger partial charge in [-0.15, -0.1) is 11.3 Å². The summed E-state index contributed by atoms with van der Waals surface area (Å²) < 4.78 is 7.28. The average molecular weight is 363 g/mol. The molecule has 1 N–H and O–H groups in total. The lowest BCUT2D eigenvalue weighted by atomic mass is 10.1. The van der Waals surface area contributed by atoms with Crippen molar-refractivity contribution in [3.8, 4) is 17.0 Å². The van der Waals surface area contributed by atoms with Gasteiger partial charge < -0.3 is 10.1 Å². The molecule has 1 aromatic carbocycles. The molecular weight excluding hydrogens is 346 g/mol. The molecular formula is C20H17N3O2S. The Kier molecular flexibility index (Phi) is 4.41. The van der Waals surface area contributed by atoms with Gasteiger partial charge in [0.25, 0.3) is 5.91 Å². The van der Waals surface area contributed by atoms with Crippen LogP contribution in [0.2, 0.25) is 0 Å². The molecule has 26 heavy (non-hydrogen) atoms. The van der Waals surface area contributed by atoms with Crippen molar-refractivity contribution in [3.63, 3.8) is 0 Å². The highest BCUT2D eigenvalue weighted by molar-refractivity contribution is 7.09. The molecule has 0 spiro atoms. The fourth-order valence-electron chi connectivity index (χ4n) is 2.90. The lowest BCUT2D eigenvalue weighted by Gasteiger charge is -2.05. The van der Waals surface area contributed by atoms with E-state index in [1.165, 1.54) is 0 Å². The number of fused-ring (bicyclic) bond motifs is 1. The van der Waals surface area contributed by atoms with Crippen molar-refractivity contribution in [3.05, 3.63) is 76.9 Å². The molecule has 0 radical (unpaired) electrons. The third-order valence-electron chi connectivity index (χ3n) is 4.12. The lowest BCUT2D eigenvalue weighted by Crippen LogP contribution is -2.24. The Bertz CT molecular complexity index is 1050. The first-order chi connectivity index (χ1) is 12.8. The molecule has 6 heteroatoms. The Balaban J connectivity index is 1.75. The number of aromatic nitrogens is 2. The molecule has 1 amide bonds. The van der Waals surface area contributed by atoms with Crippen LogP contribution in [0.25, 0.3) is 16.8 Å². The normalized spacial score (nSPS) is 10.8. The Morgan fingerprint density at radius 3 is 2.81 bits per heavy atom. The van der Waals surface area contributed by atoms with Crippen LogP contribution in [0.1, 0.15) is 15.5 Å². The van der Waals surface area contributed by atoms with Crippen molar-refractivity contribution in [1.29, 1.82) is 0 Å². The van der Waals surface area contributed by atoms with Crippen molar-refractivity contribution in [2.45, 2.75) is 6.54 Å². The first kappa shape index (κ1) is 16.4. The highest BCUT2D eigenvalue weighted by Crippen LogP contribution is 2.32. The van der Waals surface area contributed by atoms with Crippen LogP contribution in [0.15, 0.2) is 66.2 Å². The molecule has 0 bridgehead atoms. The largest absolute Gasteiger partial charge is 0.496 e. The number of thiophene rings is 1. The number of carbonyl (C=O) groups excluding carboxylic acids is 1. The van der Waals surface area contributed by atoms with Crippen molar-refractivity contribution in [2.24, 2.45) is 0 Å². The van der Waals surface area contributed by atoms with Crippen LogP contribution >= 0.6 is 11.3 Å². The van der Waals surface area contributed by atoms with E-state index < -0.39 is 0 Å². The molecule has 0 unspecified atom stereocenters. The van der Waals surface area contributed by atoms with Crippen LogP contribution in [-0.4, -0.2) is 22.4 Å². The van der Waals surface area contributed by atoms with Gasteiger partial charge >= 0.3 is 0 Å². The molecule has 0 aliphatic heterocycles. The maximum absolute atomic E-state index is 12.7. The van der Waals surface area contributed by atoms with Crippen LogP contribution in [0, 0.1) is 0 Å². The maximum Gasteiger partial charge on any atom is 0.287 e. The van der Waals surface area contributed by atoms with Gasteiger partial charge in [-0.05, 0) is 35.7 Å². The molecule has 0 aliphatic rings. The van der Waals surface area contributed by atoms with E-state index in [1.807, 2.05) is 70.6 Å². The second-order valence-electron chi connectivity index (χ2n) is 5.70. The molecule has 0 atom stereocenters. The monoisotopic (exact) mass is 363 g/mol. The summed E-state index contributed by atoms with van der Waals surface area (Å²) in [6, 6.07) is 17.4. The van der Waals surface area contributed by atoms with E-state index in [0.717, 1.165) is 27.4 Å². The van der Waals surface area contributed by atoms with Gasteiger partial charge in [-0.25, -0.2) is 4.98 Å². The number of rotatable bonds is 5. The number of pyridine rings is 1. The number of amides is 1. The number of hydrogen-bond acceptors (Lipinski definition) is 4. The Hall–Kier alpha value is -3.12. The van der Waals surface area contributed by atoms with E-state index in [-0.39, 0.29) is 5.91 Å². The molecule has 4 rings (SSSR count). The summed E-state index contributed by atoms with van der Waals surface area (Å²) in [5.74, 6) is 0.876. The number of benzene rings is 1. The third-order valence-corrected chi connectivity index (χ3v) is 4.99. The quantitative estimate of drug-likeness (QED) is 0.583. The lowest BCUT2D eigenvalue weighted by molar-refractivity contribution is 0.0940. The zero-order valence-corrected chi connectivity index (χ0v) is 15.0. The minimum atomic E-state index is -0.208. The van der Waals surface area contributed by atoms with Gasteiger partial charge in [0.05, 0.1) is 19.2 Å². The second-order valence-corrected chi connectivity index (χ2v) is 6.73. The predicted molar refractivity (Wildman–Crippen MR) is 103 cm³/mol. The summed E-state index contributed by atoms with van der Waals surface area (Å²) in [6.07, 6.45) is 1.85. The fourth-order valence-corrected chi connectivity index (χ4v) is 3.54. The highest BCUT2D eigenvalue weighted by Gasteiger charge is 2.19. The fraction of sp³-hybridized carbons (Fsp3) is 0.100. The van der Waals surface area contributed by atoms with E-state index in [0.29, 0.717) is 12.4 Å². The van der Waals surface area contributed by atoms with Gasteiger partial charge in [-0.2, -0.15) is 0 Å². The predicted octanol–water partition coefficient (Wildman–Crippen LogP) is 4.00. The summed E-state index contributed by atoms with van der Waals surface area (Å²) in [4.78, 5) is 18.5. The summed E-state index contributed by atoms with van der Waals surface area (Å²) in [5.41, 5.74) is 2.44. The minimum Gasteiger partial charge on any atom is -0.496 e. The molecule has 130 valence electrons. The van der Waals surface area contributed by atoms with E-state index in [4.69, 9.17) is 4.74 Å². The van der Waals surface area contributed by atoms with E-state index in [1.54, 1.807) is 18.4 Å². The minimum absolute atomic E-state index is 0.208. The van der Waals surface area contributed by atoms with Gasteiger partial charge in [0.1, 0.15) is 11.4 Å². The Morgan fingerprint density at radius 1 is 1.15 bits per heavy atom. The highest BCUT2D eigenvalue weighted by atomic mass is 32.1. The molecule has 5 nitrogen and oxygen atoms in total. The van der Waals surface area contributed by atoms with Gasteiger partial charge in [-0.1, -0.05) is 24.3 Å². The number of para-hydroxylation sites is 1. The standard InChI is InChI=1S/C20H17N3O2S/c1-25-17-10-3-2-8-15(17)18-16-9-4-5-11-23(16)19(22-18)20(24)21-13-14-7-6-12-26-14/h2-12H,13H2,1H3,(H,21,24). The van der Waals surface area contributed by atoms with E-state index in [9.17, 15) is 4.79 Å². The third kappa shape index (κ3) is 2.95.